The summed E-state index contributed by atoms with van der Waals surface area (Å²) in [7, 11) is 0. The van der Waals surface area contributed by atoms with Crippen molar-refractivity contribution in [1.29, 1.82) is 0 Å². The number of nitrogens with zero attached hydrogens (tertiary/aromatic N) is 2. The second-order valence-electron chi connectivity index (χ2n) is 8.07. The molecule has 6 heteroatoms. The van der Waals surface area contributed by atoms with E-state index in [1.165, 1.54) is 0 Å². The Morgan fingerprint density at radius 1 is 0.938 bits per heavy atom. The number of hydrogen-bond donors (Lipinski definition) is 2. The fourth-order valence-electron chi connectivity index (χ4n) is 5.22. The maximum atomic E-state index is 13.5. The van der Waals surface area contributed by atoms with Gasteiger partial charge in [-0.2, -0.15) is 0 Å². The molecule has 2 N–H and O–H groups in total. The zero-order valence-electron chi connectivity index (χ0n) is 18.2. The van der Waals surface area contributed by atoms with E-state index in [0.29, 0.717) is 17.1 Å². The maximum absolute atomic E-state index is 13.5. The molecule has 6 nitrogen and oxygen atoms in total. The van der Waals surface area contributed by atoms with Crippen LogP contribution in [0.15, 0.2) is 60.7 Å². The third-order valence-corrected chi connectivity index (χ3v) is 6.58. The summed E-state index contributed by atoms with van der Waals surface area (Å²) in [6.07, 6.45) is 0. The minimum absolute atomic E-state index is 0.0913. The number of aliphatic hydroxyl groups excluding tert-OH is 1. The molecule has 0 saturated heterocycles. The molecular weight excluding hydrogens is 404 g/mol. The highest BCUT2D eigenvalue weighted by molar-refractivity contribution is 6.02. The van der Waals surface area contributed by atoms with Gasteiger partial charge in [0, 0.05) is 54.1 Å². The molecule has 3 aromatic carbocycles. The van der Waals surface area contributed by atoms with Gasteiger partial charge in [-0.05, 0) is 43.7 Å². The number of carbonyl (C=O) groups excluding carboxylic acids is 1. The molecule has 0 fully saturated rings. The molecular formula is C26H26N2O4. The van der Waals surface area contributed by atoms with Crippen LogP contribution >= 0.6 is 0 Å². The minimum Gasteiger partial charge on any atom is -0.508 e. The van der Waals surface area contributed by atoms with Crippen molar-refractivity contribution < 1.29 is 19.7 Å². The summed E-state index contributed by atoms with van der Waals surface area (Å²) in [5.74, 6) is 1.10. The van der Waals surface area contributed by atoms with Crippen molar-refractivity contribution in [3.63, 3.8) is 0 Å². The largest absolute Gasteiger partial charge is 0.508 e. The van der Waals surface area contributed by atoms with E-state index in [2.05, 4.69) is 24.8 Å². The summed E-state index contributed by atoms with van der Waals surface area (Å²) in [4.78, 5) is 17.5. The van der Waals surface area contributed by atoms with Crippen LogP contribution in [0.1, 0.15) is 40.9 Å². The van der Waals surface area contributed by atoms with Crippen LogP contribution in [0.3, 0.4) is 0 Å². The quantitative estimate of drug-likeness (QED) is 0.638. The first-order valence-corrected chi connectivity index (χ1v) is 11.0. The van der Waals surface area contributed by atoms with Gasteiger partial charge in [0.05, 0.1) is 6.61 Å². The van der Waals surface area contributed by atoms with Gasteiger partial charge in [-0.3, -0.25) is 4.79 Å². The molecule has 0 saturated carbocycles. The van der Waals surface area contributed by atoms with E-state index in [9.17, 15) is 15.0 Å². The highest BCUT2D eigenvalue weighted by Gasteiger charge is 2.56. The molecule has 1 amide bonds. The lowest BCUT2D eigenvalue weighted by Gasteiger charge is -2.44. The Bertz CT molecular complexity index is 1200. The lowest BCUT2D eigenvalue weighted by molar-refractivity contribution is 0.0615. The van der Waals surface area contributed by atoms with Crippen molar-refractivity contribution in [2.24, 2.45) is 0 Å². The van der Waals surface area contributed by atoms with Crippen molar-refractivity contribution in [3.8, 4) is 17.2 Å². The van der Waals surface area contributed by atoms with Gasteiger partial charge in [-0.1, -0.05) is 24.3 Å². The number of carbonyl (C=O) groups is 1. The Hall–Kier alpha value is -3.51. The fraction of sp³-hybridized carbons (Fsp3) is 0.269. The predicted octanol–water partition coefficient (Wildman–Crippen LogP) is 4.08. The Morgan fingerprint density at radius 2 is 1.62 bits per heavy atom. The van der Waals surface area contributed by atoms with Gasteiger partial charge in [0.1, 0.15) is 22.8 Å². The first-order chi connectivity index (χ1) is 15.6. The molecule has 0 aromatic heterocycles. The van der Waals surface area contributed by atoms with Crippen LogP contribution < -0.4 is 9.64 Å². The van der Waals surface area contributed by atoms with Crippen molar-refractivity contribution >= 4 is 11.6 Å². The number of β-amino-alcohol motifs (C(OH)–C–C–N with tert-alkyl or cyclic N) is 1. The van der Waals surface area contributed by atoms with Gasteiger partial charge in [0.15, 0.2) is 0 Å². The fourth-order valence-corrected chi connectivity index (χ4v) is 5.22. The smallest absolute Gasteiger partial charge is 0.255 e. The summed E-state index contributed by atoms with van der Waals surface area (Å²) < 4.78 is 6.31. The number of benzene rings is 3. The summed E-state index contributed by atoms with van der Waals surface area (Å²) >= 11 is 0. The summed E-state index contributed by atoms with van der Waals surface area (Å²) in [6.45, 7) is 5.93. The molecule has 1 atom stereocenters. The van der Waals surface area contributed by atoms with Crippen molar-refractivity contribution in [3.05, 3.63) is 82.9 Å². The first kappa shape index (κ1) is 20.4. The highest BCUT2D eigenvalue weighted by Crippen LogP contribution is 2.58. The molecule has 164 valence electrons. The van der Waals surface area contributed by atoms with E-state index >= 15 is 0 Å². The molecule has 3 aromatic rings. The molecule has 5 rings (SSSR count). The number of phenols is 1. The van der Waals surface area contributed by atoms with E-state index in [-0.39, 0.29) is 24.8 Å². The Balaban J connectivity index is 1.85. The summed E-state index contributed by atoms with van der Waals surface area (Å²) in [5.41, 5.74) is 3.16. The van der Waals surface area contributed by atoms with E-state index in [4.69, 9.17) is 4.74 Å². The second-order valence-corrected chi connectivity index (χ2v) is 8.07. The number of phenolic OH excluding ortho intramolecular Hbond substituents is 1. The molecule has 0 aliphatic carbocycles. The zero-order valence-corrected chi connectivity index (χ0v) is 18.2. The number of amides is 1. The van der Waals surface area contributed by atoms with Crippen LogP contribution in [0.4, 0.5) is 5.69 Å². The van der Waals surface area contributed by atoms with Crippen LogP contribution in [0.25, 0.3) is 0 Å². The molecule has 1 spiro atoms. The number of ether oxygens (including phenoxy) is 1. The van der Waals surface area contributed by atoms with E-state index in [1.54, 1.807) is 17.0 Å². The van der Waals surface area contributed by atoms with Gasteiger partial charge in [-0.25, -0.2) is 0 Å². The molecule has 2 aliphatic heterocycles. The average molecular weight is 431 g/mol. The maximum Gasteiger partial charge on any atom is 0.255 e. The number of aromatic hydroxyl groups is 1. The van der Waals surface area contributed by atoms with Crippen molar-refractivity contribution in [1.82, 2.24) is 4.90 Å². The summed E-state index contributed by atoms with van der Waals surface area (Å²) in [5, 5.41) is 20.1. The minimum atomic E-state index is -0.950. The van der Waals surface area contributed by atoms with Crippen molar-refractivity contribution in [2.45, 2.75) is 19.4 Å². The third kappa shape index (κ3) is 2.66. The topological polar surface area (TPSA) is 73.2 Å². The molecule has 2 heterocycles. The summed E-state index contributed by atoms with van der Waals surface area (Å²) in [6, 6.07) is 18.7. The molecule has 32 heavy (non-hydrogen) atoms. The molecule has 0 bridgehead atoms. The lowest BCUT2D eigenvalue weighted by atomic mass is 9.74. The van der Waals surface area contributed by atoms with Gasteiger partial charge < -0.3 is 24.7 Å². The monoisotopic (exact) mass is 430 g/mol. The van der Waals surface area contributed by atoms with Crippen molar-refractivity contribution in [2.75, 3.05) is 31.1 Å². The number of anilines is 1. The SMILES string of the molecule is CCN(CC)c1ccc2c(c1)Oc1cc(O)ccc1C21c2ccccc2C(=O)N1CCO. The van der Waals surface area contributed by atoms with Gasteiger partial charge >= 0.3 is 0 Å². The van der Waals surface area contributed by atoms with Gasteiger partial charge in [-0.15, -0.1) is 0 Å². The normalized spacial score (nSPS) is 18.2. The Kier molecular flexibility index (Phi) is 4.82. The highest BCUT2D eigenvalue weighted by atomic mass is 16.5. The van der Waals surface area contributed by atoms with Crippen LogP contribution in [0.5, 0.6) is 17.2 Å². The van der Waals surface area contributed by atoms with Crippen LogP contribution in [0, 0.1) is 0 Å². The van der Waals surface area contributed by atoms with Crippen LogP contribution in [-0.2, 0) is 5.54 Å². The molecule has 0 radical (unpaired) electrons. The second kappa shape index (κ2) is 7.57. The Labute approximate surface area is 187 Å². The van der Waals surface area contributed by atoms with Gasteiger partial charge in [0.25, 0.3) is 5.91 Å². The Morgan fingerprint density at radius 3 is 2.34 bits per heavy atom. The van der Waals surface area contributed by atoms with E-state index in [1.807, 2.05) is 42.5 Å². The number of aliphatic hydroxyl groups is 1. The number of fused-ring (bicyclic) bond motifs is 6. The van der Waals surface area contributed by atoms with Crippen LogP contribution in [-0.4, -0.2) is 47.3 Å². The number of hydrogen-bond acceptors (Lipinski definition) is 5. The standard InChI is InChI=1S/C26H26N2O4/c1-3-27(4-2)17-9-11-21-23(15-17)32-24-16-18(30)10-12-22(24)26(21)20-8-6-5-7-19(20)25(31)28(26)13-14-29/h5-12,15-16,29-30H,3-4,13-14H2,1-2H3. The molecule has 2 aliphatic rings. The lowest BCUT2D eigenvalue weighted by Crippen LogP contribution is -2.48. The van der Waals surface area contributed by atoms with E-state index < -0.39 is 5.54 Å². The average Bonchev–Trinajstić information content (AvgIpc) is 3.04. The predicted molar refractivity (Wildman–Crippen MR) is 123 cm³/mol. The van der Waals surface area contributed by atoms with E-state index in [0.717, 1.165) is 35.5 Å². The van der Waals surface area contributed by atoms with Gasteiger partial charge in [0.2, 0.25) is 0 Å². The number of rotatable bonds is 5. The first-order valence-electron chi connectivity index (χ1n) is 11.0. The molecule has 1 unspecified atom stereocenters. The third-order valence-electron chi connectivity index (χ3n) is 6.58. The zero-order chi connectivity index (χ0) is 22.5. The van der Waals surface area contributed by atoms with Crippen LogP contribution in [0.2, 0.25) is 0 Å².